The molecule has 10 nitrogen and oxygen atoms in total. The van der Waals surface area contributed by atoms with E-state index in [0.717, 1.165) is 55.5 Å². The van der Waals surface area contributed by atoms with Crippen LogP contribution in [0.4, 0.5) is 15.5 Å². The number of hydrogen-bond acceptors (Lipinski definition) is 7. The van der Waals surface area contributed by atoms with Crippen molar-refractivity contribution < 1.29 is 13.2 Å². The molecule has 1 saturated heterocycles. The Morgan fingerprint density at radius 2 is 1.83 bits per heavy atom. The second kappa shape index (κ2) is 11.1. The number of aryl methyl sites for hydroxylation is 1. The summed E-state index contributed by atoms with van der Waals surface area (Å²) in [5.74, 6) is -0.0381. The molecule has 36 heavy (non-hydrogen) atoms. The summed E-state index contributed by atoms with van der Waals surface area (Å²) in [5, 5.41) is 11.4. The molecule has 1 aliphatic carbocycles. The molecule has 0 spiro atoms. The summed E-state index contributed by atoms with van der Waals surface area (Å²) < 4.78 is 27.4. The maximum Gasteiger partial charge on any atom is 0.322 e. The van der Waals surface area contributed by atoms with Gasteiger partial charge in [-0.2, -0.15) is 4.31 Å². The van der Waals surface area contributed by atoms with Gasteiger partial charge in [-0.25, -0.2) is 18.2 Å². The third kappa shape index (κ3) is 5.81. The monoisotopic (exact) mass is 533 g/mol. The highest BCUT2D eigenvalue weighted by atomic mass is 32.2. The van der Waals surface area contributed by atoms with Crippen molar-refractivity contribution in [3.8, 4) is 0 Å². The maximum atomic E-state index is 13.6. The predicted molar refractivity (Wildman–Crippen MR) is 143 cm³/mol. The van der Waals surface area contributed by atoms with Crippen molar-refractivity contribution in [2.24, 2.45) is 5.73 Å². The van der Waals surface area contributed by atoms with Crippen LogP contribution in [0.15, 0.2) is 28.6 Å². The number of nitrogens with two attached hydrogens (primary N) is 2. The fourth-order valence-electron chi connectivity index (χ4n) is 4.92. The molecular formula is C24H35N7O3S2. The van der Waals surface area contributed by atoms with Gasteiger partial charge >= 0.3 is 6.03 Å². The molecule has 0 atom stereocenters. The van der Waals surface area contributed by atoms with E-state index >= 15 is 0 Å². The zero-order chi connectivity index (χ0) is 25.9. The lowest BCUT2D eigenvalue weighted by molar-refractivity contribution is 0.230. The smallest absolute Gasteiger partial charge is 0.322 e. The number of amidine groups is 1. The number of rotatable bonds is 6. The molecule has 2 amide bonds. The first kappa shape index (κ1) is 26.4. The molecule has 2 aliphatic rings. The third-order valence-corrected chi connectivity index (χ3v) is 10.2. The topological polar surface area (TPSA) is 159 Å². The van der Waals surface area contributed by atoms with Gasteiger partial charge in [0.2, 0.25) is 4.34 Å². The van der Waals surface area contributed by atoms with Crippen molar-refractivity contribution >= 4 is 43.9 Å². The Labute approximate surface area is 216 Å². The summed E-state index contributed by atoms with van der Waals surface area (Å²) in [6.45, 7) is 2.29. The van der Waals surface area contributed by atoms with E-state index in [4.69, 9.17) is 16.9 Å². The Morgan fingerprint density at radius 1 is 1.17 bits per heavy atom. The van der Waals surface area contributed by atoms with Crippen LogP contribution in [-0.2, 0) is 10.0 Å². The molecular weight excluding hydrogens is 498 g/mol. The van der Waals surface area contributed by atoms with Gasteiger partial charge in [-0.1, -0.05) is 49.2 Å². The van der Waals surface area contributed by atoms with Crippen LogP contribution in [0.3, 0.4) is 0 Å². The summed E-state index contributed by atoms with van der Waals surface area (Å²) in [4.78, 5) is 19.6. The molecule has 0 radical (unpaired) electrons. The molecule has 6 N–H and O–H groups in total. The van der Waals surface area contributed by atoms with Gasteiger partial charge in [-0.15, -0.1) is 0 Å². The van der Waals surface area contributed by atoms with E-state index < -0.39 is 10.0 Å². The molecule has 2 heterocycles. The number of urea groups is 1. The van der Waals surface area contributed by atoms with Gasteiger partial charge in [-0.3, -0.25) is 10.3 Å². The van der Waals surface area contributed by atoms with Crippen molar-refractivity contribution in [1.29, 1.82) is 5.41 Å². The van der Waals surface area contributed by atoms with Crippen molar-refractivity contribution in [1.82, 2.24) is 14.6 Å². The first-order valence-electron chi connectivity index (χ1n) is 12.4. The lowest BCUT2D eigenvalue weighted by Gasteiger charge is -2.35. The molecule has 196 valence electrons. The van der Waals surface area contributed by atoms with Gasteiger partial charge in [0.1, 0.15) is 10.8 Å². The highest BCUT2D eigenvalue weighted by Gasteiger charge is 2.34. The summed E-state index contributed by atoms with van der Waals surface area (Å²) in [6, 6.07) is 7.00. The Bertz CT molecular complexity index is 1180. The van der Waals surface area contributed by atoms with Gasteiger partial charge in [0.25, 0.3) is 10.0 Å². The van der Waals surface area contributed by atoms with Crippen LogP contribution in [0.1, 0.15) is 62.6 Å². The number of sulfonamides is 1. The molecule has 0 bridgehead atoms. The Kier molecular flexibility index (Phi) is 8.16. The summed E-state index contributed by atoms with van der Waals surface area (Å²) in [6.07, 6.45) is 7.33. The van der Waals surface area contributed by atoms with Crippen LogP contribution in [0, 0.1) is 12.3 Å². The molecule has 1 saturated carbocycles. The fraction of sp³-hybridized carbons (Fsp3) is 0.542. The van der Waals surface area contributed by atoms with Crippen LogP contribution in [0.25, 0.3) is 0 Å². The van der Waals surface area contributed by atoms with E-state index in [1.165, 1.54) is 4.31 Å². The molecule has 1 aromatic heterocycles. The lowest BCUT2D eigenvalue weighted by atomic mass is 10.0. The van der Waals surface area contributed by atoms with E-state index in [0.29, 0.717) is 42.2 Å². The minimum atomic E-state index is -3.70. The second-order valence-corrected chi connectivity index (χ2v) is 12.7. The number of benzene rings is 1. The number of carbonyl (C=O) groups excluding carboxylic acids is 1. The number of carbonyl (C=O) groups is 1. The van der Waals surface area contributed by atoms with Gasteiger partial charge < -0.3 is 16.8 Å². The molecule has 0 unspecified atom stereocenters. The van der Waals surface area contributed by atoms with Crippen LogP contribution >= 0.6 is 11.3 Å². The number of nitrogens with one attached hydrogen (secondary N) is 2. The molecule has 2 fully saturated rings. The number of piperidine rings is 1. The van der Waals surface area contributed by atoms with E-state index in [9.17, 15) is 13.2 Å². The molecule has 1 aromatic carbocycles. The molecule has 2 aromatic rings. The summed E-state index contributed by atoms with van der Waals surface area (Å²) in [7, 11) is -3.70. The Morgan fingerprint density at radius 3 is 2.42 bits per heavy atom. The highest BCUT2D eigenvalue weighted by Crippen LogP contribution is 2.30. The maximum absolute atomic E-state index is 13.6. The first-order valence-corrected chi connectivity index (χ1v) is 14.7. The minimum Gasteiger partial charge on any atom is -0.389 e. The average Bonchev–Trinajstić information content (AvgIpc) is 3.03. The van der Waals surface area contributed by atoms with Crippen molar-refractivity contribution in [2.75, 3.05) is 23.7 Å². The van der Waals surface area contributed by atoms with Gasteiger partial charge in [-0.05, 0) is 44.7 Å². The normalized spacial score (nSPS) is 18.5. The predicted octanol–water partition coefficient (Wildman–Crippen LogP) is 3.41. The first-order chi connectivity index (χ1) is 17.2. The van der Waals surface area contributed by atoms with Crippen LogP contribution in [0.5, 0.6) is 0 Å². The molecule has 12 heteroatoms. The van der Waals surface area contributed by atoms with Crippen molar-refractivity contribution in [3.05, 3.63) is 35.5 Å². The lowest BCUT2D eigenvalue weighted by Crippen LogP contribution is -2.52. The summed E-state index contributed by atoms with van der Waals surface area (Å²) >= 11 is 0.985. The van der Waals surface area contributed by atoms with Crippen LogP contribution in [-0.4, -0.2) is 54.7 Å². The van der Waals surface area contributed by atoms with E-state index in [2.05, 4.69) is 10.3 Å². The largest absolute Gasteiger partial charge is 0.389 e. The zero-order valence-corrected chi connectivity index (χ0v) is 22.2. The van der Waals surface area contributed by atoms with E-state index in [-0.39, 0.29) is 28.3 Å². The SMILES string of the molecule is Cc1nc(S(=O)(=O)N2CCC(NC(=O)N(c3cccc(C(=N)N)c3)C3CCCCCC3)CC2)sc1N. The van der Waals surface area contributed by atoms with E-state index in [1.54, 1.807) is 19.1 Å². The van der Waals surface area contributed by atoms with Crippen molar-refractivity contribution in [2.45, 2.75) is 74.7 Å². The van der Waals surface area contributed by atoms with Crippen LogP contribution < -0.4 is 21.7 Å². The number of anilines is 2. The number of nitrogen functional groups attached to an aromatic ring is 2. The van der Waals surface area contributed by atoms with Gasteiger partial charge in [0, 0.05) is 36.4 Å². The fourth-order valence-corrected chi connectivity index (χ4v) is 7.66. The average molecular weight is 534 g/mol. The quantitative estimate of drug-likeness (QED) is 0.253. The Balaban J connectivity index is 1.46. The number of thiazole rings is 1. The van der Waals surface area contributed by atoms with Crippen molar-refractivity contribution in [3.63, 3.8) is 0 Å². The minimum absolute atomic E-state index is 0.0184. The highest BCUT2D eigenvalue weighted by molar-refractivity contribution is 7.91. The summed E-state index contributed by atoms with van der Waals surface area (Å²) in [5.41, 5.74) is 13.4. The third-order valence-electron chi connectivity index (χ3n) is 7.00. The van der Waals surface area contributed by atoms with Gasteiger partial charge in [0.05, 0.1) is 5.69 Å². The number of amides is 2. The number of hydrogen-bond donors (Lipinski definition) is 4. The Hall–Kier alpha value is -2.70. The molecule has 1 aliphatic heterocycles. The van der Waals surface area contributed by atoms with Gasteiger partial charge in [0.15, 0.2) is 0 Å². The standard InChI is InChI=1S/C24H35N7O3S2/c1-16-22(27)35-24(28-16)36(33,34)30-13-11-18(12-14-30)29-23(32)31(19-8-4-2-3-5-9-19)20-10-6-7-17(15-20)21(25)26/h6-7,10,15,18-19H,2-5,8-9,11-14,27H2,1H3,(H3,25,26)(H,29,32). The van der Waals surface area contributed by atoms with Crippen LogP contribution in [0.2, 0.25) is 0 Å². The molecule has 4 rings (SSSR count). The number of nitrogens with zero attached hydrogens (tertiary/aromatic N) is 3. The van der Waals surface area contributed by atoms with E-state index in [1.807, 2.05) is 17.0 Å². The zero-order valence-electron chi connectivity index (χ0n) is 20.6. The number of aromatic nitrogens is 1. The second-order valence-electron chi connectivity index (χ2n) is 9.54.